The average Bonchev–Trinajstić information content (AvgIpc) is 4.17. The van der Waals surface area contributed by atoms with Gasteiger partial charge in [-0.05, 0) is 98.2 Å². The van der Waals surface area contributed by atoms with E-state index < -0.39 is 36.4 Å². The number of alkyl carbamates (subject to hydrolysis) is 2. The molecule has 6 amide bonds. The van der Waals surface area contributed by atoms with Crippen molar-refractivity contribution in [3.8, 4) is 0 Å². The molecule has 64 heavy (non-hydrogen) atoms. The summed E-state index contributed by atoms with van der Waals surface area (Å²) in [5.41, 5.74) is 3.72. The number of carbonyl (C=O) groups is 6. The van der Waals surface area contributed by atoms with Crippen LogP contribution >= 0.6 is 0 Å². The molecule has 0 bridgehead atoms. The van der Waals surface area contributed by atoms with Gasteiger partial charge in [0.05, 0.1) is 27.4 Å². The Kier molecular flexibility index (Phi) is 15.3. The van der Waals surface area contributed by atoms with Gasteiger partial charge in [0.2, 0.25) is 23.6 Å². The van der Waals surface area contributed by atoms with Gasteiger partial charge >= 0.3 is 12.2 Å². The van der Waals surface area contributed by atoms with Crippen LogP contribution in [0.4, 0.5) is 31.0 Å². The summed E-state index contributed by atoms with van der Waals surface area (Å²) in [6.07, 6.45) is 2.02. The van der Waals surface area contributed by atoms with Gasteiger partial charge in [0.15, 0.2) is 0 Å². The number of methoxy groups -OCH3 is 2. The number of hydrogen-bond acceptors (Lipinski definition) is 11. The Hall–Kier alpha value is -6.27. The molecule has 4 heterocycles. The number of ether oxygens (including phenoxy) is 4. The molecule has 4 saturated heterocycles. The highest BCUT2D eigenvalue weighted by Gasteiger charge is 2.43. The van der Waals surface area contributed by atoms with E-state index in [0.29, 0.717) is 103 Å². The SMILES string of the molecule is COC(=O)NC(C(=O)N1CCC[C@H]1C(=O)Nc1ccc(CN(Cc2ccc(NC(=O)C3CCCN3C(=O)[C@@H](NC(=O)OC)[C@H]3CCOC3)cc2)c2ccc(F)cc2)cc1)C1CCOC1. The molecule has 4 aliphatic heterocycles. The van der Waals surface area contributed by atoms with Crippen LogP contribution < -0.4 is 26.2 Å². The third-order valence-electron chi connectivity index (χ3n) is 12.4. The highest BCUT2D eigenvalue weighted by molar-refractivity contribution is 5.99. The third kappa shape index (κ3) is 11.3. The molecule has 3 unspecified atom stereocenters. The molecule has 18 heteroatoms. The fourth-order valence-electron chi connectivity index (χ4n) is 8.90. The average molecular weight is 886 g/mol. The number of benzene rings is 3. The summed E-state index contributed by atoms with van der Waals surface area (Å²) in [6, 6.07) is 17.8. The quantitative estimate of drug-likeness (QED) is 0.169. The number of nitrogens with zero attached hydrogens (tertiary/aromatic N) is 3. The fraction of sp³-hybridized carbons (Fsp3) is 0.478. The van der Waals surface area contributed by atoms with E-state index >= 15 is 0 Å². The van der Waals surface area contributed by atoms with Crippen molar-refractivity contribution in [2.75, 3.05) is 69.3 Å². The predicted octanol–water partition coefficient (Wildman–Crippen LogP) is 4.41. The summed E-state index contributed by atoms with van der Waals surface area (Å²) in [5.74, 6) is -2.14. The highest BCUT2D eigenvalue weighted by Crippen LogP contribution is 2.28. The molecule has 6 atom stereocenters. The van der Waals surface area contributed by atoms with Crippen molar-refractivity contribution in [2.24, 2.45) is 11.8 Å². The first-order valence-corrected chi connectivity index (χ1v) is 21.8. The van der Waals surface area contributed by atoms with Crippen LogP contribution in [0.3, 0.4) is 0 Å². The van der Waals surface area contributed by atoms with Gasteiger partial charge in [-0.3, -0.25) is 19.2 Å². The lowest BCUT2D eigenvalue weighted by Crippen LogP contribution is -2.55. The Balaban J connectivity index is 0.970. The lowest BCUT2D eigenvalue weighted by atomic mass is 9.97. The Bertz CT molecular complexity index is 1990. The molecule has 3 aromatic carbocycles. The molecule has 0 aliphatic carbocycles. The summed E-state index contributed by atoms with van der Waals surface area (Å²) in [6.45, 7) is 3.27. The Morgan fingerprint density at radius 2 is 1.06 bits per heavy atom. The number of halogens is 1. The van der Waals surface area contributed by atoms with Gasteiger partial charge in [-0.2, -0.15) is 0 Å². The fourth-order valence-corrected chi connectivity index (χ4v) is 8.90. The minimum absolute atomic E-state index is 0.227. The van der Waals surface area contributed by atoms with E-state index in [9.17, 15) is 33.2 Å². The number of carbonyl (C=O) groups excluding carboxylic acids is 6. The van der Waals surface area contributed by atoms with Gasteiger partial charge in [0.25, 0.3) is 0 Å². The van der Waals surface area contributed by atoms with Crippen LogP contribution in [-0.4, -0.2) is 124 Å². The molecule has 4 N–H and O–H groups in total. The minimum atomic E-state index is -0.868. The molecule has 0 radical (unpaired) electrons. The van der Waals surface area contributed by atoms with Crippen LogP contribution in [0.1, 0.15) is 49.7 Å². The standard InChI is InChI=1S/C46H56FN7O10/c1-61-45(59)50-39(31-19-23-63-27-31)43(57)53-21-3-5-37(53)41(55)48-34-13-7-29(8-14-34)25-52(36-17-11-33(47)12-18-36)26-30-9-15-35(16-10-30)49-42(56)38-6-4-22-54(38)44(58)40(51-46(60)62-2)32-20-24-64-28-32/h7-18,31-32,37-40H,3-6,19-28H2,1-2H3,(H,48,55)(H,49,56)(H,50,59)(H,51,60)/t31-,32?,37?,38-,39-,40?/m0/s1. The summed E-state index contributed by atoms with van der Waals surface area (Å²) in [5, 5.41) is 11.2. The Morgan fingerprint density at radius 1 is 0.641 bits per heavy atom. The van der Waals surface area contributed by atoms with E-state index in [2.05, 4.69) is 26.2 Å². The van der Waals surface area contributed by atoms with Gasteiger partial charge in [0, 0.05) is 68.3 Å². The second-order valence-corrected chi connectivity index (χ2v) is 16.6. The Morgan fingerprint density at radius 3 is 1.44 bits per heavy atom. The van der Waals surface area contributed by atoms with Crippen LogP contribution in [0, 0.1) is 17.7 Å². The van der Waals surface area contributed by atoms with Crippen molar-refractivity contribution < 1.29 is 52.1 Å². The van der Waals surface area contributed by atoms with Crippen LogP contribution in [0.2, 0.25) is 0 Å². The molecule has 0 spiro atoms. The first-order valence-electron chi connectivity index (χ1n) is 21.8. The monoisotopic (exact) mass is 885 g/mol. The number of hydrogen-bond donors (Lipinski definition) is 4. The van der Waals surface area contributed by atoms with Crippen molar-refractivity contribution in [1.29, 1.82) is 0 Å². The second kappa shape index (κ2) is 21.4. The van der Waals surface area contributed by atoms with Crippen LogP contribution in [0.15, 0.2) is 72.8 Å². The number of rotatable bonds is 15. The zero-order chi connectivity index (χ0) is 45.2. The molecule has 342 valence electrons. The molecule has 0 aromatic heterocycles. The first-order chi connectivity index (χ1) is 31.0. The van der Waals surface area contributed by atoms with Crippen LogP contribution in [0.5, 0.6) is 0 Å². The molecule has 17 nitrogen and oxygen atoms in total. The molecule has 4 fully saturated rings. The number of nitrogens with one attached hydrogen (secondary N) is 4. The molecule has 4 aliphatic rings. The van der Waals surface area contributed by atoms with Gasteiger partial charge < -0.3 is 54.9 Å². The number of amides is 6. The van der Waals surface area contributed by atoms with Crippen molar-refractivity contribution in [3.05, 3.63) is 89.7 Å². The van der Waals surface area contributed by atoms with Gasteiger partial charge in [0.1, 0.15) is 30.0 Å². The van der Waals surface area contributed by atoms with Crippen molar-refractivity contribution >= 4 is 52.9 Å². The van der Waals surface area contributed by atoms with E-state index in [-0.39, 0.29) is 41.3 Å². The van der Waals surface area contributed by atoms with E-state index in [1.54, 1.807) is 36.4 Å². The highest BCUT2D eigenvalue weighted by atomic mass is 19.1. The lowest BCUT2D eigenvalue weighted by Gasteiger charge is -2.30. The second-order valence-electron chi connectivity index (χ2n) is 16.6. The first kappa shape index (κ1) is 45.7. The van der Waals surface area contributed by atoms with E-state index in [1.807, 2.05) is 24.3 Å². The number of likely N-dealkylation sites (tertiary alicyclic amines) is 2. The molecular weight excluding hydrogens is 830 g/mol. The van der Waals surface area contributed by atoms with E-state index in [1.165, 1.54) is 36.2 Å². The van der Waals surface area contributed by atoms with Crippen molar-refractivity contribution in [1.82, 2.24) is 20.4 Å². The zero-order valence-corrected chi connectivity index (χ0v) is 36.1. The van der Waals surface area contributed by atoms with E-state index in [0.717, 1.165) is 16.8 Å². The van der Waals surface area contributed by atoms with Crippen LogP contribution in [-0.2, 0) is 51.2 Å². The summed E-state index contributed by atoms with van der Waals surface area (Å²) >= 11 is 0. The normalized spacial score (nSPS) is 21.4. The molecular formula is C46H56FN7O10. The molecule has 3 aromatic rings. The zero-order valence-electron chi connectivity index (χ0n) is 36.1. The Labute approximate surface area is 371 Å². The van der Waals surface area contributed by atoms with Crippen molar-refractivity contribution in [2.45, 2.75) is 75.8 Å². The van der Waals surface area contributed by atoms with Crippen molar-refractivity contribution in [3.63, 3.8) is 0 Å². The smallest absolute Gasteiger partial charge is 0.407 e. The molecule has 7 rings (SSSR count). The lowest BCUT2D eigenvalue weighted by molar-refractivity contribution is -0.139. The van der Waals surface area contributed by atoms with E-state index in [4.69, 9.17) is 18.9 Å². The maximum Gasteiger partial charge on any atom is 0.407 e. The number of anilines is 3. The van der Waals surface area contributed by atoms with Crippen LogP contribution in [0.25, 0.3) is 0 Å². The summed E-state index contributed by atoms with van der Waals surface area (Å²) in [4.78, 5) is 84.1. The largest absolute Gasteiger partial charge is 0.453 e. The topological polar surface area (TPSA) is 197 Å². The van der Waals surface area contributed by atoms with Gasteiger partial charge in [-0.15, -0.1) is 0 Å². The summed E-state index contributed by atoms with van der Waals surface area (Å²) < 4.78 is 34.5. The minimum Gasteiger partial charge on any atom is -0.453 e. The summed E-state index contributed by atoms with van der Waals surface area (Å²) in [7, 11) is 2.47. The van der Waals surface area contributed by atoms with Gasteiger partial charge in [-0.1, -0.05) is 24.3 Å². The predicted molar refractivity (Wildman–Crippen MR) is 232 cm³/mol. The maximum atomic E-state index is 14.0. The van der Waals surface area contributed by atoms with Gasteiger partial charge in [-0.25, -0.2) is 14.0 Å². The third-order valence-corrected chi connectivity index (χ3v) is 12.4. The maximum absolute atomic E-state index is 14.0. The molecule has 0 saturated carbocycles.